The van der Waals surface area contributed by atoms with Crippen molar-refractivity contribution in [2.45, 2.75) is 59.4 Å². The van der Waals surface area contributed by atoms with Gasteiger partial charge in [-0.15, -0.1) is 0 Å². The molecule has 2 aromatic heterocycles. The monoisotopic (exact) mass is 717 g/mol. The van der Waals surface area contributed by atoms with Gasteiger partial charge in [0.2, 0.25) is 0 Å². The van der Waals surface area contributed by atoms with Crippen molar-refractivity contribution in [1.29, 1.82) is 0 Å². The van der Waals surface area contributed by atoms with E-state index in [-0.39, 0.29) is 6.54 Å². The molecule has 0 bridgehead atoms. The zero-order chi connectivity index (χ0) is 37.4. The minimum absolute atomic E-state index is 0.113. The third kappa shape index (κ3) is 7.30. The highest BCUT2D eigenvalue weighted by Crippen LogP contribution is 2.49. The SMILES string of the molecule is COc1ccc(CN(C(=O)OC(C)(C)C)c2ncnc3c(-c4c(C)ccc(OCc5ccccc5)c4C)nc(N(C)C4[C@H]5COC[C@@H]45)cc23)c(OC)c1. The molecule has 7 rings (SSSR count). The number of nitrogens with zero attached hydrogens (tertiary/aromatic N) is 5. The van der Waals surface area contributed by atoms with Gasteiger partial charge in [-0.1, -0.05) is 36.4 Å². The minimum Gasteiger partial charge on any atom is -0.497 e. The smallest absolute Gasteiger partial charge is 0.416 e. The van der Waals surface area contributed by atoms with Crippen molar-refractivity contribution >= 4 is 28.6 Å². The number of carbonyl (C=O) groups excluding carboxylic acids is 1. The van der Waals surface area contributed by atoms with Crippen LogP contribution in [0.1, 0.15) is 43.0 Å². The molecule has 11 nitrogen and oxygen atoms in total. The van der Waals surface area contributed by atoms with Gasteiger partial charge in [0.25, 0.3) is 0 Å². The van der Waals surface area contributed by atoms with E-state index >= 15 is 0 Å². The summed E-state index contributed by atoms with van der Waals surface area (Å²) in [4.78, 5) is 33.0. The van der Waals surface area contributed by atoms with E-state index in [0.29, 0.717) is 58.4 Å². The van der Waals surface area contributed by atoms with Gasteiger partial charge in [-0.25, -0.2) is 19.7 Å². The fraction of sp³-hybridized carbons (Fsp3) is 0.381. The van der Waals surface area contributed by atoms with E-state index in [0.717, 1.165) is 52.6 Å². The number of ether oxygens (including phenoxy) is 5. The molecule has 5 aromatic rings. The summed E-state index contributed by atoms with van der Waals surface area (Å²) in [5, 5.41) is 0.661. The van der Waals surface area contributed by atoms with E-state index in [1.807, 2.05) is 75.4 Å². The van der Waals surface area contributed by atoms with Crippen LogP contribution in [0.25, 0.3) is 22.2 Å². The van der Waals surface area contributed by atoms with Gasteiger partial charge >= 0.3 is 6.09 Å². The Morgan fingerprint density at radius 3 is 2.38 bits per heavy atom. The second-order valence-electron chi connectivity index (χ2n) is 14.8. The number of aryl methyl sites for hydroxylation is 1. The average molecular weight is 718 g/mol. The van der Waals surface area contributed by atoms with E-state index < -0.39 is 11.7 Å². The van der Waals surface area contributed by atoms with E-state index in [2.05, 4.69) is 31.9 Å². The number of methoxy groups -OCH3 is 2. The van der Waals surface area contributed by atoms with Gasteiger partial charge in [0.15, 0.2) is 0 Å². The fourth-order valence-corrected chi connectivity index (χ4v) is 7.32. The molecule has 1 amide bonds. The van der Waals surface area contributed by atoms with Gasteiger partial charge in [0.05, 0.1) is 39.7 Å². The van der Waals surface area contributed by atoms with Gasteiger partial charge in [0.1, 0.15) is 52.9 Å². The van der Waals surface area contributed by atoms with Crippen molar-refractivity contribution in [2.75, 3.05) is 44.3 Å². The van der Waals surface area contributed by atoms with Crippen LogP contribution in [0.15, 0.2) is 73.1 Å². The molecule has 3 atom stereocenters. The zero-order valence-electron chi connectivity index (χ0n) is 31.7. The van der Waals surface area contributed by atoms with Gasteiger partial charge in [-0.3, -0.25) is 4.90 Å². The lowest BCUT2D eigenvalue weighted by Crippen LogP contribution is -2.37. The first-order valence-electron chi connectivity index (χ1n) is 17.9. The number of benzene rings is 3. The van der Waals surface area contributed by atoms with Gasteiger partial charge in [-0.05, 0) is 70.0 Å². The second kappa shape index (κ2) is 14.5. The van der Waals surface area contributed by atoms with Crippen LogP contribution in [0.2, 0.25) is 0 Å². The Balaban J connectivity index is 1.40. The molecule has 2 aliphatic rings. The Morgan fingerprint density at radius 1 is 0.925 bits per heavy atom. The molecule has 1 aliphatic heterocycles. The maximum Gasteiger partial charge on any atom is 0.416 e. The number of hydrogen-bond acceptors (Lipinski definition) is 10. The van der Waals surface area contributed by atoms with Crippen molar-refractivity contribution in [3.63, 3.8) is 0 Å². The van der Waals surface area contributed by atoms with Crippen molar-refractivity contribution < 1.29 is 28.5 Å². The first kappa shape index (κ1) is 36.0. The quantitative estimate of drug-likeness (QED) is 0.134. The van der Waals surface area contributed by atoms with Crippen LogP contribution in [0.5, 0.6) is 17.2 Å². The number of pyridine rings is 1. The van der Waals surface area contributed by atoms with Crippen LogP contribution in [-0.2, 0) is 22.6 Å². The summed E-state index contributed by atoms with van der Waals surface area (Å²) >= 11 is 0. The van der Waals surface area contributed by atoms with Crippen LogP contribution < -0.4 is 24.0 Å². The molecule has 0 spiro atoms. The number of rotatable bonds is 11. The second-order valence-corrected chi connectivity index (χ2v) is 14.8. The Hall–Kier alpha value is -5.42. The van der Waals surface area contributed by atoms with Crippen molar-refractivity contribution in [1.82, 2.24) is 15.0 Å². The van der Waals surface area contributed by atoms with E-state index in [1.54, 1.807) is 25.2 Å². The number of fused-ring (bicyclic) bond motifs is 2. The topological polar surface area (TPSA) is 108 Å². The van der Waals surface area contributed by atoms with Crippen molar-refractivity contribution in [3.05, 3.63) is 95.3 Å². The summed E-state index contributed by atoms with van der Waals surface area (Å²) in [7, 11) is 5.28. The number of anilines is 2. The molecule has 1 saturated heterocycles. The Morgan fingerprint density at radius 2 is 1.68 bits per heavy atom. The summed E-state index contributed by atoms with van der Waals surface area (Å²) < 4.78 is 29.3. The molecule has 1 saturated carbocycles. The van der Waals surface area contributed by atoms with Crippen molar-refractivity contribution in [3.8, 4) is 28.5 Å². The summed E-state index contributed by atoms with van der Waals surface area (Å²) in [5.41, 5.74) is 5.23. The highest BCUT2D eigenvalue weighted by molar-refractivity contribution is 6.04. The molecule has 3 heterocycles. The van der Waals surface area contributed by atoms with Crippen LogP contribution >= 0.6 is 0 Å². The standard InChI is InChI=1S/C42H47N5O6/c1-25-14-17-33(52-21-27-12-10-9-11-13-27)26(2)36(25)38-37-30(19-35(45-38)46(6)39-31-22-51-23-32(31)39)40(44-24-43-37)47(41(48)53-42(3,4)5)20-28-15-16-29(49-7)18-34(28)50-8/h9-19,24,31-32,39H,20-23H2,1-8H3/t31-,32+,39?. The molecule has 2 fully saturated rings. The third-order valence-corrected chi connectivity index (χ3v) is 10.1. The molecule has 11 heteroatoms. The van der Waals surface area contributed by atoms with Crippen LogP contribution in [0.4, 0.5) is 16.4 Å². The predicted octanol–water partition coefficient (Wildman–Crippen LogP) is 7.93. The summed E-state index contributed by atoms with van der Waals surface area (Å²) in [6.45, 7) is 11.7. The maximum atomic E-state index is 14.2. The summed E-state index contributed by atoms with van der Waals surface area (Å²) in [6, 6.07) is 22.0. The van der Waals surface area contributed by atoms with Gasteiger partial charge in [0, 0.05) is 53.1 Å². The highest BCUT2D eigenvalue weighted by Gasteiger charge is 2.56. The predicted molar refractivity (Wildman–Crippen MR) is 205 cm³/mol. The third-order valence-electron chi connectivity index (χ3n) is 10.1. The summed E-state index contributed by atoms with van der Waals surface area (Å²) in [5.74, 6) is 4.02. The lowest BCUT2D eigenvalue weighted by molar-refractivity contribution is 0.0576. The van der Waals surface area contributed by atoms with Crippen LogP contribution in [0.3, 0.4) is 0 Å². The van der Waals surface area contributed by atoms with Crippen LogP contribution in [0, 0.1) is 25.7 Å². The molecular weight excluding hydrogens is 670 g/mol. The summed E-state index contributed by atoms with van der Waals surface area (Å²) in [6.07, 6.45) is 0.930. The normalized spacial score (nSPS) is 17.6. The number of hydrogen-bond donors (Lipinski definition) is 0. The molecule has 0 radical (unpaired) electrons. The Bertz CT molecular complexity index is 2130. The zero-order valence-corrected chi connectivity index (χ0v) is 31.7. The Kier molecular flexibility index (Phi) is 9.87. The average Bonchev–Trinajstić information content (AvgIpc) is 3.62. The van der Waals surface area contributed by atoms with E-state index in [1.165, 1.54) is 6.33 Å². The molecule has 276 valence electrons. The minimum atomic E-state index is -0.763. The number of amides is 1. The molecule has 1 aliphatic carbocycles. The number of carbonyl (C=O) groups is 1. The fourth-order valence-electron chi connectivity index (χ4n) is 7.32. The van der Waals surface area contributed by atoms with Crippen LogP contribution in [-0.4, -0.2) is 67.2 Å². The van der Waals surface area contributed by atoms with E-state index in [9.17, 15) is 4.79 Å². The molecule has 1 unspecified atom stereocenters. The Labute approximate surface area is 310 Å². The van der Waals surface area contributed by atoms with E-state index in [4.69, 9.17) is 38.6 Å². The first-order chi connectivity index (χ1) is 25.5. The molecular formula is C42H47N5O6. The van der Waals surface area contributed by atoms with Crippen molar-refractivity contribution in [2.24, 2.45) is 11.8 Å². The molecule has 53 heavy (non-hydrogen) atoms. The first-order valence-corrected chi connectivity index (χ1v) is 17.9. The largest absolute Gasteiger partial charge is 0.497 e. The maximum absolute atomic E-state index is 14.2. The number of aromatic nitrogens is 3. The lowest BCUT2D eigenvalue weighted by atomic mass is 9.97. The van der Waals surface area contributed by atoms with Gasteiger partial charge < -0.3 is 28.6 Å². The lowest BCUT2D eigenvalue weighted by Gasteiger charge is -2.29. The molecule has 3 aromatic carbocycles. The highest BCUT2D eigenvalue weighted by atomic mass is 16.6. The van der Waals surface area contributed by atoms with Gasteiger partial charge in [-0.2, -0.15) is 0 Å². The molecule has 0 N–H and O–H groups in total.